The first-order valence-electron chi connectivity index (χ1n) is 13.0. The lowest BCUT2D eigenvalue weighted by atomic mass is 9.82. The molecule has 6 nitrogen and oxygen atoms in total. The average Bonchev–Trinajstić information content (AvgIpc) is 2.77. The molecule has 0 aliphatic rings. The Morgan fingerprint density at radius 3 is 1.03 bits per heavy atom. The summed E-state index contributed by atoms with van der Waals surface area (Å²) < 4.78 is 15.2. The highest BCUT2D eigenvalue weighted by atomic mass is 16.6. The topological polar surface area (TPSA) is 78.9 Å². The van der Waals surface area contributed by atoms with Gasteiger partial charge in [-0.15, -0.1) is 0 Å². The number of ether oxygens (including phenoxy) is 3. The van der Waals surface area contributed by atoms with Crippen LogP contribution in [0, 0.1) is 5.41 Å². The molecular weight excluding hydrogens is 408 g/mol. The molecule has 0 amide bonds. The Morgan fingerprint density at radius 1 is 0.469 bits per heavy atom. The summed E-state index contributed by atoms with van der Waals surface area (Å²) in [5.41, 5.74) is -2.01. The molecule has 0 aromatic heterocycles. The first kappa shape index (κ1) is 30.4. The van der Waals surface area contributed by atoms with E-state index in [0.717, 1.165) is 19.3 Å². The molecule has 32 heavy (non-hydrogen) atoms. The minimum absolute atomic E-state index is 0.0571. The zero-order chi connectivity index (χ0) is 24.1. The van der Waals surface area contributed by atoms with Gasteiger partial charge in [-0.2, -0.15) is 0 Å². The normalized spacial score (nSPS) is 11.2. The van der Waals surface area contributed by atoms with E-state index in [9.17, 15) is 14.4 Å². The van der Waals surface area contributed by atoms with Crippen molar-refractivity contribution in [2.45, 2.75) is 124 Å². The van der Waals surface area contributed by atoms with Crippen LogP contribution in [0.15, 0.2) is 0 Å². The van der Waals surface area contributed by atoms with Crippen LogP contribution in [0.2, 0.25) is 0 Å². The summed E-state index contributed by atoms with van der Waals surface area (Å²) >= 11 is 0. The minimum Gasteiger partial charge on any atom is -0.465 e. The maximum Gasteiger partial charge on any atom is 0.335 e. The number of hydrogen-bond donors (Lipinski definition) is 0. The van der Waals surface area contributed by atoms with E-state index in [4.69, 9.17) is 14.2 Å². The summed E-state index contributed by atoms with van der Waals surface area (Å²) in [5.74, 6) is -2.61. The van der Waals surface area contributed by atoms with Crippen molar-refractivity contribution in [1.29, 1.82) is 0 Å². The number of rotatable bonds is 21. The first-order chi connectivity index (χ1) is 15.5. The van der Waals surface area contributed by atoms with Gasteiger partial charge in [-0.25, -0.2) is 0 Å². The fourth-order valence-corrected chi connectivity index (χ4v) is 3.90. The van der Waals surface area contributed by atoms with Gasteiger partial charge >= 0.3 is 17.9 Å². The van der Waals surface area contributed by atoms with E-state index in [1.165, 1.54) is 64.2 Å². The summed E-state index contributed by atoms with van der Waals surface area (Å²) in [4.78, 5) is 37.9. The van der Waals surface area contributed by atoms with E-state index in [1.807, 2.05) is 0 Å². The first-order valence-corrected chi connectivity index (χ1v) is 13.0. The maximum atomic E-state index is 12.6. The van der Waals surface area contributed by atoms with Crippen LogP contribution < -0.4 is 0 Å². The fourth-order valence-electron chi connectivity index (χ4n) is 3.90. The Balaban J connectivity index is 4.35. The standard InChI is InChI=1S/C26H48O6/c1-5-9-10-11-12-13-14-15-16-17-18-19-20-21-22-26(23(27)30-6-2,24(28)31-7-3)25(29)32-8-4/h5-22H2,1-4H3. The SMILES string of the molecule is CCCCCCCCCCCCCCCCC(C(=O)OCC)(C(=O)OCC)C(=O)OCC. The van der Waals surface area contributed by atoms with E-state index >= 15 is 0 Å². The lowest BCUT2D eigenvalue weighted by Gasteiger charge is -2.27. The van der Waals surface area contributed by atoms with E-state index in [-0.39, 0.29) is 26.2 Å². The Kier molecular flexibility index (Phi) is 19.1. The van der Waals surface area contributed by atoms with E-state index in [1.54, 1.807) is 20.8 Å². The Labute approximate surface area is 196 Å². The molecule has 0 rings (SSSR count). The van der Waals surface area contributed by atoms with Crippen LogP contribution in [0.4, 0.5) is 0 Å². The summed E-state index contributed by atoms with van der Waals surface area (Å²) in [5, 5.41) is 0. The second-order valence-electron chi connectivity index (χ2n) is 8.41. The van der Waals surface area contributed by atoms with Crippen LogP contribution in [0.5, 0.6) is 0 Å². The van der Waals surface area contributed by atoms with Crippen LogP contribution in [-0.2, 0) is 28.6 Å². The van der Waals surface area contributed by atoms with Crippen LogP contribution >= 0.6 is 0 Å². The smallest absolute Gasteiger partial charge is 0.335 e. The van der Waals surface area contributed by atoms with Gasteiger partial charge in [-0.05, 0) is 27.2 Å². The van der Waals surface area contributed by atoms with Gasteiger partial charge in [0.1, 0.15) is 0 Å². The summed E-state index contributed by atoms with van der Waals surface area (Å²) in [6.07, 6.45) is 16.8. The van der Waals surface area contributed by atoms with E-state index < -0.39 is 23.3 Å². The molecule has 188 valence electrons. The highest BCUT2D eigenvalue weighted by Crippen LogP contribution is 2.31. The van der Waals surface area contributed by atoms with Gasteiger partial charge in [0.2, 0.25) is 0 Å². The summed E-state index contributed by atoms with van der Waals surface area (Å²) in [6.45, 7) is 7.42. The Bertz CT molecular complexity index is 457. The third-order valence-corrected chi connectivity index (χ3v) is 5.78. The van der Waals surface area contributed by atoms with Gasteiger partial charge in [0.05, 0.1) is 19.8 Å². The van der Waals surface area contributed by atoms with E-state index in [2.05, 4.69) is 6.92 Å². The van der Waals surface area contributed by atoms with Crippen molar-refractivity contribution < 1.29 is 28.6 Å². The fraction of sp³-hybridized carbons (Fsp3) is 0.885. The number of esters is 3. The van der Waals surface area contributed by atoms with Gasteiger partial charge in [0.25, 0.3) is 5.41 Å². The molecule has 0 unspecified atom stereocenters. The largest absolute Gasteiger partial charge is 0.465 e. The van der Waals surface area contributed by atoms with Crippen molar-refractivity contribution >= 4 is 17.9 Å². The van der Waals surface area contributed by atoms with Gasteiger partial charge in [-0.1, -0.05) is 96.8 Å². The minimum atomic E-state index is -2.01. The van der Waals surface area contributed by atoms with Crippen LogP contribution in [0.25, 0.3) is 0 Å². The van der Waals surface area contributed by atoms with Crippen LogP contribution in [-0.4, -0.2) is 37.7 Å². The summed E-state index contributed by atoms with van der Waals surface area (Å²) in [6, 6.07) is 0. The molecule has 0 aromatic carbocycles. The average molecular weight is 457 g/mol. The van der Waals surface area contributed by atoms with Crippen molar-refractivity contribution in [2.75, 3.05) is 19.8 Å². The van der Waals surface area contributed by atoms with Gasteiger partial charge in [0.15, 0.2) is 0 Å². The molecule has 0 radical (unpaired) electrons. The van der Waals surface area contributed by atoms with Gasteiger partial charge < -0.3 is 14.2 Å². The van der Waals surface area contributed by atoms with Crippen molar-refractivity contribution in [1.82, 2.24) is 0 Å². The number of unbranched alkanes of at least 4 members (excludes halogenated alkanes) is 13. The monoisotopic (exact) mass is 456 g/mol. The number of carbonyl (C=O) groups excluding carboxylic acids is 3. The zero-order valence-corrected chi connectivity index (χ0v) is 21.2. The molecule has 0 aliphatic heterocycles. The highest BCUT2D eigenvalue weighted by Gasteiger charge is 2.56. The van der Waals surface area contributed by atoms with Crippen molar-refractivity contribution in [2.24, 2.45) is 5.41 Å². The molecule has 0 saturated heterocycles. The van der Waals surface area contributed by atoms with E-state index in [0.29, 0.717) is 6.42 Å². The Morgan fingerprint density at radius 2 is 0.750 bits per heavy atom. The molecule has 0 fully saturated rings. The van der Waals surface area contributed by atoms with Crippen LogP contribution in [0.3, 0.4) is 0 Å². The summed E-state index contributed by atoms with van der Waals surface area (Å²) in [7, 11) is 0. The molecule has 0 bridgehead atoms. The van der Waals surface area contributed by atoms with Gasteiger partial charge in [0, 0.05) is 0 Å². The van der Waals surface area contributed by atoms with Crippen molar-refractivity contribution in [3.8, 4) is 0 Å². The maximum absolute atomic E-state index is 12.6. The molecule has 0 N–H and O–H groups in total. The van der Waals surface area contributed by atoms with Crippen molar-refractivity contribution in [3.05, 3.63) is 0 Å². The zero-order valence-electron chi connectivity index (χ0n) is 21.2. The molecular formula is C26H48O6. The highest BCUT2D eigenvalue weighted by molar-refractivity contribution is 6.17. The molecule has 0 spiro atoms. The third kappa shape index (κ3) is 11.9. The number of hydrogen-bond acceptors (Lipinski definition) is 6. The number of carbonyl (C=O) groups is 3. The quantitative estimate of drug-likeness (QED) is 0.0845. The lowest BCUT2D eigenvalue weighted by Crippen LogP contribution is -2.49. The third-order valence-electron chi connectivity index (χ3n) is 5.78. The second-order valence-corrected chi connectivity index (χ2v) is 8.41. The van der Waals surface area contributed by atoms with Crippen molar-refractivity contribution in [3.63, 3.8) is 0 Å². The molecule has 0 aliphatic carbocycles. The predicted octanol–water partition coefficient (Wildman–Crippen LogP) is 6.53. The molecule has 0 saturated carbocycles. The molecule has 0 heterocycles. The molecule has 6 heteroatoms. The molecule has 0 atom stereocenters. The lowest BCUT2D eigenvalue weighted by molar-refractivity contribution is -0.184. The van der Waals surface area contributed by atoms with Gasteiger partial charge in [-0.3, -0.25) is 14.4 Å². The van der Waals surface area contributed by atoms with Crippen LogP contribution in [0.1, 0.15) is 124 Å². The predicted molar refractivity (Wildman–Crippen MR) is 127 cm³/mol. The second kappa shape index (κ2) is 20.0. The molecule has 0 aromatic rings. The Hall–Kier alpha value is -1.59.